The molecule has 0 saturated carbocycles. The van der Waals surface area contributed by atoms with Crippen LogP contribution in [0, 0.1) is 0 Å². The number of ether oxygens (including phenoxy) is 3. The van der Waals surface area contributed by atoms with Crippen LogP contribution in [0.5, 0.6) is 17.2 Å². The lowest BCUT2D eigenvalue weighted by atomic mass is 10.1. The second-order valence-corrected chi connectivity index (χ2v) is 7.43. The van der Waals surface area contributed by atoms with Gasteiger partial charge < -0.3 is 14.2 Å². The standard InChI is InChI=1S/C19H20O6S/c1-23-14-8-5-13(6-9-14)7-10-16(20)15-11-19(26(4,21)22)18(25-3)12-17(15)24-2/h5-12H,1-4H3/b10-7+. The normalized spacial score (nSPS) is 11.4. The molecule has 2 rings (SSSR count). The largest absolute Gasteiger partial charge is 0.497 e. The summed E-state index contributed by atoms with van der Waals surface area (Å²) < 4.78 is 39.3. The van der Waals surface area contributed by atoms with E-state index in [1.54, 1.807) is 37.5 Å². The van der Waals surface area contributed by atoms with E-state index in [0.717, 1.165) is 11.8 Å². The summed E-state index contributed by atoms with van der Waals surface area (Å²) in [5.74, 6) is 0.687. The lowest BCUT2D eigenvalue weighted by Gasteiger charge is -2.12. The summed E-state index contributed by atoms with van der Waals surface area (Å²) in [5.41, 5.74) is 0.938. The molecule has 0 aromatic heterocycles. The molecule has 0 heterocycles. The molecule has 0 saturated heterocycles. The molecule has 0 bridgehead atoms. The summed E-state index contributed by atoms with van der Waals surface area (Å²) in [6, 6.07) is 9.82. The van der Waals surface area contributed by atoms with E-state index in [1.807, 2.05) is 0 Å². The Morgan fingerprint density at radius 1 is 0.923 bits per heavy atom. The average Bonchev–Trinajstić information content (AvgIpc) is 2.64. The molecular formula is C19H20O6S. The zero-order valence-electron chi connectivity index (χ0n) is 15.0. The van der Waals surface area contributed by atoms with Gasteiger partial charge in [0.2, 0.25) is 0 Å². The van der Waals surface area contributed by atoms with Crippen LogP contribution in [0.1, 0.15) is 15.9 Å². The highest BCUT2D eigenvalue weighted by molar-refractivity contribution is 7.90. The molecule has 138 valence electrons. The highest BCUT2D eigenvalue weighted by atomic mass is 32.2. The predicted octanol–water partition coefficient (Wildman–Crippen LogP) is 3.01. The van der Waals surface area contributed by atoms with E-state index in [-0.39, 0.29) is 27.7 Å². The van der Waals surface area contributed by atoms with Crippen LogP contribution in [-0.4, -0.2) is 41.8 Å². The fourth-order valence-electron chi connectivity index (χ4n) is 2.33. The maximum absolute atomic E-state index is 12.6. The molecule has 0 unspecified atom stereocenters. The maximum Gasteiger partial charge on any atom is 0.189 e. The highest BCUT2D eigenvalue weighted by Gasteiger charge is 2.21. The highest BCUT2D eigenvalue weighted by Crippen LogP contribution is 2.32. The molecule has 26 heavy (non-hydrogen) atoms. The van der Waals surface area contributed by atoms with E-state index in [2.05, 4.69) is 0 Å². The SMILES string of the molecule is COc1ccc(/C=C/C(=O)c2cc(S(C)(=O)=O)c(OC)cc2OC)cc1. The zero-order valence-corrected chi connectivity index (χ0v) is 15.8. The van der Waals surface area contributed by atoms with Crippen molar-refractivity contribution in [3.8, 4) is 17.2 Å². The monoisotopic (exact) mass is 376 g/mol. The number of methoxy groups -OCH3 is 3. The first-order chi connectivity index (χ1) is 12.3. The van der Waals surface area contributed by atoms with Gasteiger partial charge in [-0.2, -0.15) is 0 Å². The van der Waals surface area contributed by atoms with Crippen molar-refractivity contribution in [3.63, 3.8) is 0 Å². The van der Waals surface area contributed by atoms with Crippen molar-refractivity contribution < 1.29 is 27.4 Å². The molecule has 2 aromatic carbocycles. The molecule has 0 radical (unpaired) electrons. The van der Waals surface area contributed by atoms with Gasteiger partial charge in [-0.3, -0.25) is 4.79 Å². The second kappa shape index (κ2) is 8.05. The van der Waals surface area contributed by atoms with Gasteiger partial charge in [0, 0.05) is 12.3 Å². The Labute approximate surface area is 152 Å². The molecule has 0 amide bonds. The molecule has 0 aliphatic carbocycles. The fourth-order valence-corrected chi connectivity index (χ4v) is 3.17. The fraction of sp³-hybridized carbons (Fsp3) is 0.211. The molecule has 0 atom stereocenters. The lowest BCUT2D eigenvalue weighted by Crippen LogP contribution is -2.06. The van der Waals surface area contributed by atoms with Crippen molar-refractivity contribution in [2.24, 2.45) is 0 Å². The van der Waals surface area contributed by atoms with E-state index in [4.69, 9.17) is 14.2 Å². The first kappa shape index (κ1) is 19.5. The van der Waals surface area contributed by atoms with Crippen LogP contribution in [0.4, 0.5) is 0 Å². The summed E-state index contributed by atoms with van der Waals surface area (Å²) >= 11 is 0. The number of hydrogen-bond donors (Lipinski definition) is 0. The smallest absolute Gasteiger partial charge is 0.189 e. The number of rotatable bonds is 7. The molecule has 2 aromatic rings. The molecular weight excluding hydrogens is 356 g/mol. The molecule has 0 spiro atoms. The first-order valence-electron chi connectivity index (χ1n) is 7.62. The Bertz CT molecular complexity index is 927. The van der Waals surface area contributed by atoms with E-state index >= 15 is 0 Å². The minimum Gasteiger partial charge on any atom is -0.497 e. The predicted molar refractivity (Wildman–Crippen MR) is 99.0 cm³/mol. The van der Waals surface area contributed by atoms with E-state index in [0.29, 0.717) is 5.75 Å². The molecule has 0 N–H and O–H groups in total. The van der Waals surface area contributed by atoms with Gasteiger partial charge in [0.1, 0.15) is 22.1 Å². The minimum atomic E-state index is -3.57. The summed E-state index contributed by atoms with van der Waals surface area (Å²) in [7, 11) is 0.758. The first-order valence-corrected chi connectivity index (χ1v) is 9.52. The van der Waals surface area contributed by atoms with Gasteiger partial charge in [0.25, 0.3) is 0 Å². The van der Waals surface area contributed by atoms with Crippen LogP contribution in [0.25, 0.3) is 6.08 Å². The molecule has 6 nitrogen and oxygen atoms in total. The summed E-state index contributed by atoms with van der Waals surface area (Å²) in [6.45, 7) is 0. The number of benzene rings is 2. The van der Waals surface area contributed by atoms with Gasteiger partial charge in [-0.1, -0.05) is 18.2 Å². The molecule has 0 fully saturated rings. The summed E-state index contributed by atoms with van der Waals surface area (Å²) in [4.78, 5) is 12.5. The molecule has 7 heteroatoms. The number of sulfone groups is 1. The summed E-state index contributed by atoms with van der Waals surface area (Å²) in [5, 5.41) is 0. The van der Waals surface area contributed by atoms with Gasteiger partial charge >= 0.3 is 0 Å². The number of ketones is 1. The van der Waals surface area contributed by atoms with E-state index in [9.17, 15) is 13.2 Å². The number of carbonyl (C=O) groups is 1. The Hall–Kier alpha value is -2.80. The topological polar surface area (TPSA) is 78.9 Å². The zero-order chi connectivity index (χ0) is 19.3. The third-order valence-corrected chi connectivity index (χ3v) is 4.81. The van der Waals surface area contributed by atoms with Crippen LogP contribution in [0.15, 0.2) is 47.4 Å². The Morgan fingerprint density at radius 3 is 2.04 bits per heavy atom. The van der Waals surface area contributed by atoms with Crippen molar-refractivity contribution in [2.75, 3.05) is 27.6 Å². The van der Waals surface area contributed by atoms with Crippen LogP contribution >= 0.6 is 0 Å². The lowest BCUT2D eigenvalue weighted by molar-refractivity contribution is 0.104. The summed E-state index contributed by atoms with van der Waals surface area (Å²) in [6.07, 6.45) is 4.04. The van der Waals surface area contributed by atoms with Gasteiger partial charge in [-0.15, -0.1) is 0 Å². The van der Waals surface area contributed by atoms with Crippen molar-refractivity contribution in [1.29, 1.82) is 0 Å². The van der Waals surface area contributed by atoms with Gasteiger partial charge in [-0.05, 0) is 29.8 Å². The Morgan fingerprint density at radius 2 is 1.54 bits per heavy atom. The van der Waals surface area contributed by atoms with Crippen LogP contribution in [0.3, 0.4) is 0 Å². The van der Waals surface area contributed by atoms with Gasteiger partial charge in [0.15, 0.2) is 15.6 Å². The Kier molecular flexibility index (Phi) is 6.05. The van der Waals surface area contributed by atoms with Crippen molar-refractivity contribution in [2.45, 2.75) is 4.90 Å². The maximum atomic E-state index is 12.6. The third-order valence-electron chi connectivity index (χ3n) is 3.69. The molecule has 0 aliphatic heterocycles. The van der Waals surface area contributed by atoms with Gasteiger partial charge in [-0.25, -0.2) is 8.42 Å². The van der Waals surface area contributed by atoms with Crippen LogP contribution < -0.4 is 14.2 Å². The number of allylic oxidation sites excluding steroid dienone is 1. The number of carbonyl (C=O) groups excluding carboxylic acids is 1. The average molecular weight is 376 g/mol. The van der Waals surface area contributed by atoms with Gasteiger partial charge in [0.05, 0.1) is 26.9 Å². The van der Waals surface area contributed by atoms with Crippen LogP contribution in [-0.2, 0) is 9.84 Å². The van der Waals surface area contributed by atoms with Crippen molar-refractivity contribution in [1.82, 2.24) is 0 Å². The van der Waals surface area contributed by atoms with E-state index < -0.39 is 9.84 Å². The Balaban J connectivity index is 2.41. The van der Waals surface area contributed by atoms with Crippen molar-refractivity contribution in [3.05, 3.63) is 53.6 Å². The molecule has 0 aliphatic rings. The van der Waals surface area contributed by atoms with E-state index in [1.165, 1.54) is 32.4 Å². The van der Waals surface area contributed by atoms with Crippen molar-refractivity contribution >= 4 is 21.7 Å². The van der Waals surface area contributed by atoms with Crippen LogP contribution in [0.2, 0.25) is 0 Å². The second-order valence-electron chi connectivity index (χ2n) is 5.45. The minimum absolute atomic E-state index is 0.0676. The third kappa shape index (κ3) is 4.43. The number of hydrogen-bond acceptors (Lipinski definition) is 6. The quantitative estimate of drug-likeness (QED) is 0.546.